The van der Waals surface area contributed by atoms with Crippen molar-refractivity contribution in [1.29, 1.82) is 0 Å². The second-order valence-corrected chi connectivity index (χ2v) is 9.31. The van der Waals surface area contributed by atoms with E-state index in [0.29, 0.717) is 11.8 Å². The summed E-state index contributed by atoms with van der Waals surface area (Å²) in [6, 6.07) is 11.2. The molecule has 0 N–H and O–H groups in total. The maximum Gasteiger partial charge on any atom is 0.296 e. The predicted molar refractivity (Wildman–Crippen MR) is 128 cm³/mol. The molecule has 31 heavy (non-hydrogen) atoms. The van der Waals surface area contributed by atoms with E-state index in [1.807, 2.05) is 0 Å². The number of rotatable bonds is 4. The topological polar surface area (TPSA) is 26.6 Å². The second kappa shape index (κ2) is 7.23. The summed E-state index contributed by atoms with van der Waals surface area (Å²) in [6.45, 7) is 11.3. The molecule has 0 saturated carbocycles. The van der Waals surface area contributed by atoms with Gasteiger partial charge >= 0.3 is 0 Å². The first-order valence-electron chi connectivity index (χ1n) is 11.3. The number of benzene rings is 2. The fourth-order valence-electron chi connectivity index (χ4n) is 4.91. The van der Waals surface area contributed by atoms with Crippen molar-refractivity contribution in [2.75, 3.05) is 0 Å². The average molecular weight is 412 g/mol. The zero-order valence-corrected chi connectivity index (χ0v) is 19.3. The van der Waals surface area contributed by atoms with Crippen LogP contribution in [0.15, 0.2) is 48.8 Å². The number of para-hydroxylation sites is 1. The van der Waals surface area contributed by atoms with Crippen molar-refractivity contribution in [1.82, 2.24) is 14.1 Å². The highest BCUT2D eigenvalue weighted by Crippen LogP contribution is 2.37. The molecule has 1 aliphatic rings. The number of hydrogen-bond acceptors (Lipinski definition) is 1. The van der Waals surface area contributed by atoms with Gasteiger partial charge in [-0.15, -0.1) is 0 Å². The summed E-state index contributed by atoms with van der Waals surface area (Å²) in [6.07, 6.45) is 9.60. The molecule has 0 spiro atoms. The minimum atomic E-state index is 0.438. The molecule has 0 saturated heterocycles. The van der Waals surface area contributed by atoms with Gasteiger partial charge in [-0.2, -0.15) is 4.57 Å². The van der Waals surface area contributed by atoms with E-state index in [-0.39, 0.29) is 0 Å². The Morgan fingerprint density at radius 1 is 1.00 bits per heavy atom. The summed E-state index contributed by atoms with van der Waals surface area (Å²) in [7, 11) is 2.14. The molecule has 3 heterocycles. The maximum atomic E-state index is 5.07. The van der Waals surface area contributed by atoms with Gasteiger partial charge < -0.3 is 4.57 Å². The SMILES string of the molecule is Cc1ccc2c(nc3n2C=CC3)c1-c1n(-c2c(C(C)C)cccc2C(C)C)cc[n+]1C. The van der Waals surface area contributed by atoms with Crippen LogP contribution in [0.3, 0.4) is 0 Å². The second-order valence-electron chi connectivity index (χ2n) is 9.31. The fraction of sp³-hybridized carbons (Fsp3) is 0.333. The van der Waals surface area contributed by atoms with Gasteiger partial charge in [-0.25, -0.2) is 9.55 Å². The first-order valence-corrected chi connectivity index (χ1v) is 11.3. The standard InChI is InChI=1S/C27H31N4/c1-17(2)20-9-7-10-21(18(3)4)26(20)31-16-15-29(6)27(31)24-19(5)12-13-22-25(24)28-23-11-8-14-30(22)23/h7-10,12-18H,11H2,1-6H3/q+1. The molecular formula is C27H31N4+. The van der Waals surface area contributed by atoms with E-state index in [4.69, 9.17) is 4.98 Å². The number of nitrogens with zero attached hydrogens (tertiary/aromatic N) is 4. The normalized spacial score (nSPS) is 13.2. The monoisotopic (exact) mass is 411 g/mol. The summed E-state index contributed by atoms with van der Waals surface area (Å²) in [5, 5.41) is 0. The molecule has 5 rings (SSSR count). The van der Waals surface area contributed by atoms with Gasteiger partial charge in [0, 0.05) is 23.7 Å². The summed E-state index contributed by atoms with van der Waals surface area (Å²) >= 11 is 0. The molecule has 4 nitrogen and oxygen atoms in total. The molecule has 1 aliphatic heterocycles. The zero-order chi connectivity index (χ0) is 21.9. The van der Waals surface area contributed by atoms with Crippen molar-refractivity contribution >= 4 is 17.2 Å². The Morgan fingerprint density at radius 2 is 1.71 bits per heavy atom. The van der Waals surface area contributed by atoms with E-state index < -0.39 is 0 Å². The van der Waals surface area contributed by atoms with Gasteiger partial charge in [-0.3, -0.25) is 0 Å². The van der Waals surface area contributed by atoms with Crippen molar-refractivity contribution in [2.45, 2.75) is 52.9 Å². The van der Waals surface area contributed by atoms with Gasteiger partial charge in [0.15, 0.2) is 0 Å². The summed E-state index contributed by atoms with van der Waals surface area (Å²) < 4.78 is 6.86. The van der Waals surface area contributed by atoms with Crippen molar-refractivity contribution < 1.29 is 4.57 Å². The van der Waals surface area contributed by atoms with Crippen LogP contribution < -0.4 is 4.57 Å². The van der Waals surface area contributed by atoms with Gasteiger partial charge in [0.25, 0.3) is 5.82 Å². The van der Waals surface area contributed by atoms with E-state index in [0.717, 1.165) is 17.8 Å². The Bertz CT molecular complexity index is 1310. The largest absolute Gasteiger partial charge is 0.303 e. The zero-order valence-electron chi connectivity index (χ0n) is 19.3. The maximum absolute atomic E-state index is 5.07. The number of fused-ring (bicyclic) bond motifs is 3. The number of aryl methyl sites for hydroxylation is 2. The van der Waals surface area contributed by atoms with Crippen LogP contribution in [0.4, 0.5) is 0 Å². The van der Waals surface area contributed by atoms with Crippen LogP contribution in [-0.4, -0.2) is 14.1 Å². The van der Waals surface area contributed by atoms with Gasteiger partial charge in [0.2, 0.25) is 0 Å². The third kappa shape index (κ3) is 2.96. The fourth-order valence-corrected chi connectivity index (χ4v) is 4.91. The van der Waals surface area contributed by atoms with Crippen LogP contribution >= 0.6 is 0 Å². The van der Waals surface area contributed by atoms with Crippen molar-refractivity contribution in [3.63, 3.8) is 0 Å². The molecule has 0 unspecified atom stereocenters. The first-order chi connectivity index (χ1) is 14.9. The Balaban J connectivity index is 1.86. The highest BCUT2D eigenvalue weighted by Gasteiger charge is 2.29. The van der Waals surface area contributed by atoms with E-state index in [1.54, 1.807) is 0 Å². The Hall–Kier alpha value is -3.14. The highest BCUT2D eigenvalue weighted by molar-refractivity contribution is 5.93. The Labute approximate surface area is 184 Å². The van der Waals surface area contributed by atoms with Crippen LogP contribution in [0.2, 0.25) is 0 Å². The van der Waals surface area contributed by atoms with Crippen molar-refractivity contribution in [3.05, 3.63) is 71.3 Å². The molecule has 0 aliphatic carbocycles. The van der Waals surface area contributed by atoms with Crippen LogP contribution in [0.1, 0.15) is 62.0 Å². The van der Waals surface area contributed by atoms with Gasteiger partial charge in [-0.05, 0) is 30.4 Å². The van der Waals surface area contributed by atoms with Crippen LogP contribution in [0, 0.1) is 6.92 Å². The third-order valence-electron chi connectivity index (χ3n) is 6.51. The van der Waals surface area contributed by atoms with Crippen LogP contribution in [-0.2, 0) is 13.5 Å². The van der Waals surface area contributed by atoms with Crippen molar-refractivity contribution in [3.8, 4) is 17.1 Å². The lowest BCUT2D eigenvalue weighted by molar-refractivity contribution is -0.659. The molecule has 0 amide bonds. The van der Waals surface area contributed by atoms with E-state index in [1.165, 1.54) is 39.3 Å². The van der Waals surface area contributed by atoms with Crippen LogP contribution in [0.5, 0.6) is 0 Å². The van der Waals surface area contributed by atoms with E-state index >= 15 is 0 Å². The number of aromatic nitrogens is 4. The molecule has 158 valence electrons. The molecule has 0 atom stereocenters. The van der Waals surface area contributed by atoms with E-state index in [9.17, 15) is 0 Å². The Morgan fingerprint density at radius 3 is 2.39 bits per heavy atom. The molecule has 0 radical (unpaired) electrons. The Kier molecular flexibility index (Phi) is 4.62. The van der Waals surface area contributed by atoms with Crippen molar-refractivity contribution in [2.24, 2.45) is 7.05 Å². The molecular weight excluding hydrogens is 380 g/mol. The highest BCUT2D eigenvalue weighted by atomic mass is 15.2. The van der Waals surface area contributed by atoms with Crippen LogP contribution in [0.25, 0.3) is 34.3 Å². The summed E-state index contributed by atoms with van der Waals surface area (Å²) in [4.78, 5) is 5.07. The lowest BCUT2D eigenvalue weighted by Gasteiger charge is -2.18. The molecule has 2 aromatic carbocycles. The number of hydrogen-bond donors (Lipinski definition) is 0. The van der Waals surface area contributed by atoms with Gasteiger partial charge in [0.05, 0.1) is 18.1 Å². The smallest absolute Gasteiger partial charge is 0.296 e. The summed E-state index contributed by atoms with van der Waals surface area (Å²) in [5.41, 5.74) is 8.80. The number of allylic oxidation sites excluding steroid dienone is 1. The minimum Gasteiger partial charge on any atom is -0.303 e. The van der Waals surface area contributed by atoms with Gasteiger partial charge in [-0.1, -0.05) is 58.0 Å². The predicted octanol–water partition coefficient (Wildman–Crippen LogP) is 5.90. The first kappa shape index (κ1) is 19.8. The molecule has 0 bridgehead atoms. The molecule has 0 fully saturated rings. The van der Waals surface area contributed by atoms with Gasteiger partial charge in [0.1, 0.15) is 29.4 Å². The minimum absolute atomic E-state index is 0.438. The number of imidazole rings is 2. The quantitative estimate of drug-likeness (QED) is 0.384. The summed E-state index contributed by atoms with van der Waals surface area (Å²) in [5.74, 6) is 3.17. The lowest BCUT2D eigenvalue weighted by atomic mass is 9.92. The van der Waals surface area contributed by atoms with E-state index in [2.05, 4.69) is 110 Å². The molecule has 4 heteroatoms. The third-order valence-corrected chi connectivity index (χ3v) is 6.51. The lowest BCUT2D eigenvalue weighted by Crippen LogP contribution is -2.29. The average Bonchev–Trinajstić information content (AvgIpc) is 3.42. The molecule has 2 aromatic heterocycles. The molecule has 4 aromatic rings.